The Labute approximate surface area is 119 Å². The molecular formula is C17H17NO2. The van der Waals surface area contributed by atoms with Crippen LogP contribution < -0.4 is 0 Å². The first-order valence-electron chi connectivity index (χ1n) is 5.96. The first kappa shape index (κ1) is 17.2. The molecule has 0 atom stereocenters. The van der Waals surface area contributed by atoms with Gasteiger partial charge >= 0.3 is 5.97 Å². The van der Waals surface area contributed by atoms with Crippen LogP contribution in [0.2, 0.25) is 0 Å². The maximum absolute atomic E-state index is 11.3. The Morgan fingerprint density at radius 2 is 1.95 bits per heavy atom. The summed E-state index contributed by atoms with van der Waals surface area (Å²) in [6.07, 6.45) is 5.98. The summed E-state index contributed by atoms with van der Waals surface area (Å²) in [5, 5.41) is 7.51. The Kier molecular flexibility index (Phi) is 9.69. The lowest BCUT2D eigenvalue weighted by atomic mass is 10.2. The fraction of sp³-hybridized carbons (Fsp3) is 0.118. The molecule has 0 spiro atoms. The SMILES string of the molecule is C=CC#N.CC=C=C(C)C(=O)OC=Cc1ccccc1. The average Bonchev–Trinajstić information content (AvgIpc) is 2.48. The highest BCUT2D eigenvalue weighted by molar-refractivity contribution is 5.88. The molecule has 0 heterocycles. The number of hydrogen-bond donors (Lipinski definition) is 0. The predicted molar refractivity (Wildman–Crippen MR) is 80.3 cm³/mol. The molecule has 0 aliphatic rings. The van der Waals surface area contributed by atoms with Crippen LogP contribution in [0.15, 0.2) is 66.6 Å². The number of ether oxygens (including phenoxy) is 1. The third-order valence-electron chi connectivity index (χ3n) is 1.99. The minimum atomic E-state index is -0.384. The zero-order valence-corrected chi connectivity index (χ0v) is 11.7. The van der Waals surface area contributed by atoms with Crippen LogP contribution in [0.3, 0.4) is 0 Å². The molecule has 3 nitrogen and oxygen atoms in total. The van der Waals surface area contributed by atoms with Crippen molar-refractivity contribution < 1.29 is 9.53 Å². The summed E-state index contributed by atoms with van der Waals surface area (Å²) in [7, 11) is 0. The number of esters is 1. The molecule has 0 saturated heterocycles. The lowest BCUT2D eigenvalue weighted by molar-refractivity contribution is -0.133. The van der Waals surface area contributed by atoms with E-state index in [1.54, 1.807) is 32.1 Å². The molecule has 0 radical (unpaired) electrons. The van der Waals surface area contributed by atoms with Gasteiger partial charge in [0.15, 0.2) is 0 Å². The minimum Gasteiger partial charge on any atom is -0.431 e. The second-order valence-corrected chi connectivity index (χ2v) is 3.51. The molecule has 1 aromatic carbocycles. The number of nitriles is 1. The van der Waals surface area contributed by atoms with Crippen molar-refractivity contribution in [2.75, 3.05) is 0 Å². The van der Waals surface area contributed by atoms with Gasteiger partial charge < -0.3 is 4.74 Å². The topological polar surface area (TPSA) is 50.1 Å². The van der Waals surface area contributed by atoms with Crippen molar-refractivity contribution >= 4 is 12.0 Å². The van der Waals surface area contributed by atoms with Crippen LogP contribution in [0, 0.1) is 11.3 Å². The van der Waals surface area contributed by atoms with Gasteiger partial charge in [-0.2, -0.15) is 5.26 Å². The fourth-order valence-electron chi connectivity index (χ4n) is 1.10. The van der Waals surface area contributed by atoms with Crippen LogP contribution in [-0.2, 0) is 9.53 Å². The predicted octanol–water partition coefficient (Wildman–Crippen LogP) is 4.02. The van der Waals surface area contributed by atoms with Gasteiger partial charge in [0.2, 0.25) is 0 Å². The molecule has 1 aromatic rings. The first-order chi connectivity index (χ1) is 9.65. The quantitative estimate of drug-likeness (QED) is 0.273. The molecule has 0 amide bonds. The van der Waals surface area contributed by atoms with Crippen molar-refractivity contribution in [3.05, 3.63) is 72.2 Å². The zero-order valence-electron chi connectivity index (χ0n) is 11.7. The molecular weight excluding hydrogens is 250 g/mol. The number of carbonyl (C=O) groups is 1. The molecule has 102 valence electrons. The van der Waals surface area contributed by atoms with Gasteiger partial charge in [-0.15, -0.1) is 5.73 Å². The van der Waals surface area contributed by atoms with E-state index in [0.717, 1.165) is 5.56 Å². The first-order valence-corrected chi connectivity index (χ1v) is 5.96. The lowest BCUT2D eigenvalue weighted by Crippen LogP contribution is -1.99. The number of carbonyl (C=O) groups excluding carboxylic acids is 1. The summed E-state index contributed by atoms with van der Waals surface area (Å²) in [6, 6.07) is 11.3. The summed E-state index contributed by atoms with van der Waals surface area (Å²) < 4.78 is 4.92. The van der Waals surface area contributed by atoms with Gasteiger partial charge in [0, 0.05) is 6.08 Å². The third-order valence-corrected chi connectivity index (χ3v) is 1.99. The fourth-order valence-corrected chi connectivity index (χ4v) is 1.10. The van der Waals surface area contributed by atoms with E-state index in [9.17, 15) is 4.79 Å². The number of allylic oxidation sites excluding steroid dienone is 1. The molecule has 0 bridgehead atoms. The molecule has 0 aliphatic heterocycles. The van der Waals surface area contributed by atoms with Gasteiger partial charge in [0.1, 0.15) is 0 Å². The summed E-state index contributed by atoms with van der Waals surface area (Å²) >= 11 is 0. The number of benzene rings is 1. The summed E-state index contributed by atoms with van der Waals surface area (Å²) in [5.41, 5.74) is 4.22. The van der Waals surface area contributed by atoms with Crippen LogP contribution >= 0.6 is 0 Å². The van der Waals surface area contributed by atoms with Crippen molar-refractivity contribution in [1.82, 2.24) is 0 Å². The normalized spacial score (nSPS) is 8.45. The molecule has 1 rings (SSSR count). The molecule has 0 aromatic heterocycles. The van der Waals surface area contributed by atoms with Crippen LogP contribution in [-0.4, -0.2) is 5.97 Å². The van der Waals surface area contributed by atoms with Crippen LogP contribution in [0.4, 0.5) is 0 Å². The van der Waals surface area contributed by atoms with Gasteiger partial charge in [0.25, 0.3) is 0 Å². The zero-order chi connectivity index (χ0) is 15.2. The van der Waals surface area contributed by atoms with Crippen molar-refractivity contribution in [3.63, 3.8) is 0 Å². The molecule has 0 saturated carbocycles. The van der Waals surface area contributed by atoms with E-state index in [1.807, 2.05) is 30.3 Å². The lowest BCUT2D eigenvalue weighted by Gasteiger charge is -1.96. The van der Waals surface area contributed by atoms with E-state index < -0.39 is 0 Å². The Morgan fingerprint density at radius 1 is 1.35 bits per heavy atom. The van der Waals surface area contributed by atoms with E-state index in [2.05, 4.69) is 12.3 Å². The molecule has 0 fully saturated rings. The van der Waals surface area contributed by atoms with E-state index in [-0.39, 0.29) is 5.97 Å². The molecule has 0 aliphatic carbocycles. The highest BCUT2D eigenvalue weighted by atomic mass is 16.5. The van der Waals surface area contributed by atoms with Crippen molar-refractivity contribution in [1.29, 1.82) is 5.26 Å². The van der Waals surface area contributed by atoms with Gasteiger partial charge in [-0.3, -0.25) is 0 Å². The van der Waals surface area contributed by atoms with Crippen molar-refractivity contribution in [2.24, 2.45) is 0 Å². The van der Waals surface area contributed by atoms with Crippen molar-refractivity contribution in [3.8, 4) is 6.07 Å². The van der Waals surface area contributed by atoms with Crippen LogP contribution in [0.1, 0.15) is 19.4 Å². The summed E-state index contributed by atoms with van der Waals surface area (Å²) in [5.74, 6) is -0.384. The minimum absolute atomic E-state index is 0.384. The Bertz CT molecular complexity index is 556. The monoisotopic (exact) mass is 267 g/mol. The summed E-state index contributed by atoms with van der Waals surface area (Å²) in [6.45, 7) is 6.59. The highest BCUT2D eigenvalue weighted by Gasteiger charge is 2.01. The number of nitrogens with zero attached hydrogens (tertiary/aromatic N) is 1. The summed E-state index contributed by atoms with van der Waals surface area (Å²) in [4.78, 5) is 11.3. The van der Waals surface area contributed by atoms with Gasteiger partial charge in [-0.05, 0) is 31.6 Å². The molecule has 0 N–H and O–H groups in total. The number of rotatable bonds is 3. The van der Waals surface area contributed by atoms with Crippen LogP contribution in [0.25, 0.3) is 6.08 Å². The Morgan fingerprint density at radius 3 is 2.45 bits per heavy atom. The maximum atomic E-state index is 11.3. The third kappa shape index (κ3) is 8.30. The van der Waals surface area contributed by atoms with E-state index in [4.69, 9.17) is 10.00 Å². The van der Waals surface area contributed by atoms with E-state index in [1.165, 1.54) is 12.3 Å². The van der Waals surface area contributed by atoms with Gasteiger partial charge in [-0.1, -0.05) is 36.9 Å². The Balaban J connectivity index is 0.000000796. The Hall–Kier alpha value is -2.82. The van der Waals surface area contributed by atoms with Crippen LogP contribution in [0.5, 0.6) is 0 Å². The standard InChI is InChI=1S/C14H14O2.C3H3N/c1-3-7-12(2)14(15)16-11-10-13-8-5-4-6-9-13;1-2-3-4/h3-6,8-11H,1-2H3;2H,1H2. The number of hydrogen-bond acceptors (Lipinski definition) is 3. The average molecular weight is 267 g/mol. The molecule has 20 heavy (non-hydrogen) atoms. The van der Waals surface area contributed by atoms with Gasteiger partial charge in [-0.25, -0.2) is 4.79 Å². The second kappa shape index (κ2) is 11.3. The molecule has 0 unspecified atom stereocenters. The maximum Gasteiger partial charge on any atom is 0.346 e. The second-order valence-electron chi connectivity index (χ2n) is 3.51. The smallest absolute Gasteiger partial charge is 0.346 e. The van der Waals surface area contributed by atoms with Gasteiger partial charge in [0.05, 0.1) is 17.9 Å². The van der Waals surface area contributed by atoms with Crippen molar-refractivity contribution in [2.45, 2.75) is 13.8 Å². The molecule has 3 heteroatoms. The highest BCUT2D eigenvalue weighted by Crippen LogP contribution is 2.02. The largest absolute Gasteiger partial charge is 0.431 e. The van der Waals surface area contributed by atoms with E-state index in [0.29, 0.717) is 5.57 Å². The van der Waals surface area contributed by atoms with E-state index >= 15 is 0 Å².